The third-order valence-corrected chi connectivity index (χ3v) is 12.5. The van der Waals surface area contributed by atoms with E-state index < -0.39 is 51.0 Å². The van der Waals surface area contributed by atoms with E-state index in [0.29, 0.717) is 54.9 Å². The van der Waals surface area contributed by atoms with Crippen LogP contribution in [0.3, 0.4) is 0 Å². The zero-order valence-electron chi connectivity index (χ0n) is 37.4. The number of carbonyl (C=O) groups is 3. The van der Waals surface area contributed by atoms with Gasteiger partial charge in [-0.15, -0.1) is 0 Å². The number of H-pyrrole nitrogens is 1. The molecular weight excluding hydrogens is 895 g/mol. The second-order valence-electron chi connectivity index (χ2n) is 17.1. The number of nitrogens with one attached hydrogen (secondary N) is 4. The Morgan fingerprint density at radius 3 is 2.04 bits per heavy atom. The van der Waals surface area contributed by atoms with Crippen LogP contribution in [0.5, 0.6) is 5.75 Å². The number of ether oxygens (including phenoxy) is 1. The molecule has 0 saturated heterocycles. The van der Waals surface area contributed by atoms with E-state index in [2.05, 4.69) is 27.0 Å². The van der Waals surface area contributed by atoms with Crippen LogP contribution in [0.2, 0.25) is 0 Å². The molecule has 344 valence electrons. The minimum atomic E-state index is -3.82. The van der Waals surface area contributed by atoms with E-state index in [-0.39, 0.29) is 57.2 Å². The molecule has 9 rings (SSSR count). The van der Waals surface area contributed by atoms with Gasteiger partial charge in [0, 0.05) is 75.3 Å². The molecule has 0 radical (unpaired) electrons. The van der Waals surface area contributed by atoms with E-state index in [9.17, 15) is 36.8 Å². The number of rotatable bonds is 12. The Balaban J connectivity index is 1.23. The molecule has 0 unspecified atom stereocenters. The van der Waals surface area contributed by atoms with Crippen molar-refractivity contribution in [2.45, 2.75) is 45.9 Å². The number of halogens is 2. The maximum absolute atomic E-state index is 14.9. The largest absolute Gasteiger partial charge is 0.489 e. The smallest absolute Gasteiger partial charge is 0.256 e. The maximum Gasteiger partial charge on any atom is 0.256 e. The zero-order chi connectivity index (χ0) is 48.4. The van der Waals surface area contributed by atoms with Crippen LogP contribution in [-0.2, 0) is 16.6 Å². The molecule has 0 saturated carbocycles. The van der Waals surface area contributed by atoms with Crippen molar-refractivity contribution in [3.63, 3.8) is 0 Å². The van der Waals surface area contributed by atoms with Crippen LogP contribution in [0.25, 0.3) is 77.5 Å². The Hall–Kier alpha value is -8.23. The number of aromatic nitrogens is 2. The number of carbonyl (C=O) groups excluding carboxylic acids is 3. The number of nitriles is 1. The van der Waals surface area contributed by atoms with Crippen molar-refractivity contribution in [2.24, 2.45) is 0 Å². The van der Waals surface area contributed by atoms with Gasteiger partial charge in [-0.2, -0.15) is 5.26 Å². The molecule has 0 aliphatic heterocycles. The summed E-state index contributed by atoms with van der Waals surface area (Å²) >= 11 is 0. The summed E-state index contributed by atoms with van der Waals surface area (Å²) in [5.74, 6) is -2.17. The number of benzene rings is 5. The fourth-order valence-electron chi connectivity index (χ4n) is 8.39. The molecule has 68 heavy (non-hydrogen) atoms. The first kappa shape index (κ1) is 44.9. The second-order valence-corrected chi connectivity index (χ2v) is 18.9. The van der Waals surface area contributed by atoms with Crippen molar-refractivity contribution >= 4 is 71.5 Å². The topological polar surface area (TPSA) is 201 Å². The number of aromatic amines is 1. The Morgan fingerprint density at radius 2 is 1.44 bits per heavy atom. The fraction of sp³-hybridized carbons (Fsp3) is 0.176. The first-order valence-corrected chi connectivity index (χ1v) is 23.2. The standard InChI is InChI=1S/C51H42F2N6O8S/c1-26(2)65-38-22-37-41(45(28-12-16-33(53)17-13-28)66-46(37)34-18-19-59(43(34)38)68(6,63)64)50(62)57-24-31-23-56-42-35(29-8-7-9-30(20-29)48(60)58-51(3,4)25-54)21-36-40(49(61)55-5)44(67-47(36)39(31)42)27-10-14-32(52)15-11-27/h7-23,26,56H,24H2,1-6H3,(H,55,61)(H,57,62)(H,58,60). The number of furan rings is 2. The van der Waals surface area contributed by atoms with Crippen LogP contribution in [0.1, 0.15) is 64.3 Å². The van der Waals surface area contributed by atoms with Crippen molar-refractivity contribution in [1.29, 1.82) is 5.26 Å². The predicted molar refractivity (Wildman–Crippen MR) is 254 cm³/mol. The van der Waals surface area contributed by atoms with Crippen LogP contribution in [0, 0.1) is 23.0 Å². The Labute approximate surface area is 387 Å². The highest BCUT2D eigenvalue weighted by Crippen LogP contribution is 2.45. The van der Waals surface area contributed by atoms with Gasteiger partial charge in [0.2, 0.25) is 10.0 Å². The molecule has 4 N–H and O–H groups in total. The van der Waals surface area contributed by atoms with Crippen LogP contribution < -0.4 is 20.7 Å². The Morgan fingerprint density at radius 1 is 0.824 bits per heavy atom. The van der Waals surface area contributed by atoms with Crippen molar-refractivity contribution in [3.05, 3.63) is 137 Å². The lowest BCUT2D eigenvalue weighted by Crippen LogP contribution is -2.42. The summed E-state index contributed by atoms with van der Waals surface area (Å²) in [5, 5.41) is 19.5. The summed E-state index contributed by atoms with van der Waals surface area (Å²) < 4.78 is 74.7. The summed E-state index contributed by atoms with van der Waals surface area (Å²) in [6, 6.07) is 24.6. The molecule has 14 nitrogen and oxygen atoms in total. The molecule has 4 aromatic heterocycles. The average molecular weight is 937 g/mol. The molecule has 0 aliphatic rings. The maximum atomic E-state index is 14.9. The molecular formula is C51H42F2N6O8S. The first-order chi connectivity index (χ1) is 32.4. The van der Waals surface area contributed by atoms with Crippen LogP contribution >= 0.6 is 0 Å². The van der Waals surface area contributed by atoms with Gasteiger partial charge < -0.3 is 34.5 Å². The van der Waals surface area contributed by atoms with Crippen molar-refractivity contribution in [3.8, 4) is 45.6 Å². The molecule has 3 amide bonds. The molecule has 17 heteroatoms. The van der Waals surface area contributed by atoms with Gasteiger partial charge in [-0.3, -0.25) is 14.4 Å². The summed E-state index contributed by atoms with van der Waals surface area (Å²) in [6.45, 7) is 6.59. The van der Waals surface area contributed by atoms with E-state index >= 15 is 0 Å². The summed E-state index contributed by atoms with van der Waals surface area (Å²) in [5.41, 5.74) is 2.94. The van der Waals surface area contributed by atoms with Gasteiger partial charge in [-0.25, -0.2) is 21.2 Å². The van der Waals surface area contributed by atoms with Gasteiger partial charge >= 0.3 is 0 Å². The van der Waals surface area contributed by atoms with Gasteiger partial charge in [0.25, 0.3) is 17.7 Å². The molecule has 0 aliphatic carbocycles. The van der Waals surface area contributed by atoms with Gasteiger partial charge in [0.15, 0.2) is 0 Å². The van der Waals surface area contributed by atoms with Gasteiger partial charge in [-0.05, 0) is 112 Å². The number of nitrogens with zero attached hydrogens (tertiary/aromatic N) is 2. The van der Waals surface area contributed by atoms with Gasteiger partial charge in [-0.1, -0.05) is 12.1 Å². The van der Waals surface area contributed by atoms with Crippen molar-refractivity contribution in [2.75, 3.05) is 13.3 Å². The van der Waals surface area contributed by atoms with Gasteiger partial charge in [0.1, 0.15) is 51.1 Å². The molecule has 4 heterocycles. The Kier molecular flexibility index (Phi) is 11.2. The lowest BCUT2D eigenvalue weighted by atomic mass is 9.95. The number of amides is 3. The molecule has 0 fully saturated rings. The monoisotopic (exact) mass is 936 g/mol. The highest BCUT2D eigenvalue weighted by atomic mass is 32.2. The first-order valence-electron chi connectivity index (χ1n) is 21.3. The highest BCUT2D eigenvalue weighted by Gasteiger charge is 2.30. The van der Waals surface area contributed by atoms with E-state index in [4.69, 9.17) is 13.6 Å². The minimum Gasteiger partial charge on any atom is -0.489 e. The molecule has 0 spiro atoms. The number of fused-ring (bicyclic) bond motifs is 6. The third-order valence-electron chi connectivity index (χ3n) is 11.4. The fourth-order valence-corrected chi connectivity index (χ4v) is 9.19. The normalized spacial score (nSPS) is 12.0. The molecule has 5 aromatic carbocycles. The molecule has 9 aromatic rings. The van der Waals surface area contributed by atoms with Crippen molar-refractivity contribution < 1.29 is 45.2 Å². The predicted octanol–water partition coefficient (Wildman–Crippen LogP) is 9.81. The highest BCUT2D eigenvalue weighted by molar-refractivity contribution is 7.89. The number of hydrogen-bond donors (Lipinski definition) is 4. The quantitative estimate of drug-likeness (QED) is 0.0920. The SMILES string of the molecule is CNC(=O)c1c(-c2ccc(F)cc2)oc2c1cc(-c1cccc(C(=O)NC(C)(C)C#N)c1)c1[nH]cc(CNC(=O)c3c(-c4ccc(F)cc4)oc4c3cc(OC(C)C)c3c4ccn3S(C)(=O)=O)c12. The Bertz CT molecular complexity index is 3690. The van der Waals surface area contributed by atoms with Crippen molar-refractivity contribution in [1.82, 2.24) is 24.9 Å². The lowest BCUT2D eigenvalue weighted by Gasteiger charge is -2.17. The third kappa shape index (κ3) is 7.98. The summed E-state index contributed by atoms with van der Waals surface area (Å²) in [7, 11) is -2.35. The van der Waals surface area contributed by atoms with Gasteiger partial charge in [0.05, 0.1) is 35.1 Å². The molecule has 0 bridgehead atoms. The van der Waals surface area contributed by atoms with Crippen LogP contribution in [-0.4, -0.2) is 60.0 Å². The van der Waals surface area contributed by atoms with E-state index in [1.807, 2.05) is 0 Å². The summed E-state index contributed by atoms with van der Waals surface area (Å²) in [6.07, 6.45) is 3.72. The van der Waals surface area contributed by atoms with E-state index in [1.165, 1.54) is 61.8 Å². The number of hydrogen-bond acceptors (Lipinski definition) is 9. The minimum absolute atomic E-state index is 0.0630. The van der Waals surface area contributed by atoms with E-state index in [0.717, 1.165) is 10.2 Å². The average Bonchev–Trinajstić information content (AvgIpc) is 4.11. The second kappa shape index (κ2) is 16.9. The van der Waals surface area contributed by atoms with Crippen LogP contribution in [0.4, 0.5) is 8.78 Å². The van der Waals surface area contributed by atoms with Crippen LogP contribution in [0.15, 0.2) is 112 Å². The summed E-state index contributed by atoms with van der Waals surface area (Å²) in [4.78, 5) is 45.4. The zero-order valence-corrected chi connectivity index (χ0v) is 38.2. The van der Waals surface area contributed by atoms with E-state index in [1.54, 1.807) is 76.4 Å². The molecule has 0 atom stereocenters. The lowest BCUT2D eigenvalue weighted by molar-refractivity contribution is 0.0925.